The quantitative estimate of drug-likeness (QED) is 0.224. The van der Waals surface area contributed by atoms with Crippen molar-refractivity contribution < 1.29 is 9.47 Å². The van der Waals surface area contributed by atoms with Crippen molar-refractivity contribution in [3.8, 4) is 22.8 Å². The fourth-order valence-corrected chi connectivity index (χ4v) is 3.72. The average molecular weight is 471 g/mol. The van der Waals surface area contributed by atoms with Crippen LogP contribution in [-0.2, 0) is 13.2 Å². The molecule has 36 heavy (non-hydrogen) atoms. The van der Waals surface area contributed by atoms with Crippen LogP contribution in [0.1, 0.15) is 22.4 Å². The second kappa shape index (κ2) is 11.6. The second-order valence-corrected chi connectivity index (χ2v) is 8.31. The normalized spacial score (nSPS) is 10.9. The number of aromatic nitrogens is 2. The highest BCUT2D eigenvalue weighted by atomic mass is 16.5. The van der Waals surface area contributed by atoms with E-state index >= 15 is 0 Å². The van der Waals surface area contributed by atoms with E-state index in [9.17, 15) is 0 Å². The van der Waals surface area contributed by atoms with Crippen molar-refractivity contribution in [2.24, 2.45) is 0 Å². The molecular weight excluding hydrogens is 444 g/mol. The lowest BCUT2D eigenvalue weighted by molar-refractivity contribution is 0.244. The molecule has 5 aromatic rings. The zero-order chi connectivity index (χ0) is 24.4. The molecule has 0 bridgehead atoms. The van der Waals surface area contributed by atoms with E-state index < -0.39 is 0 Å². The monoisotopic (exact) mass is 470 g/mol. The number of hydrogen-bond acceptors (Lipinski definition) is 4. The molecule has 0 unspecified atom stereocenters. The van der Waals surface area contributed by atoms with E-state index in [4.69, 9.17) is 9.47 Å². The predicted molar refractivity (Wildman–Crippen MR) is 144 cm³/mol. The maximum absolute atomic E-state index is 6.11. The SMILES string of the molecule is C(=Cc1cc(OCc2ccccc2)c(OCc2ccccc2)nn1)c1ccc(-c2ccccc2)cc1. The van der Waals surface area contributed by atoms with Gasteiger partial charge in [-0.25, -0.2) is 0 Å². The first-order chi connectivity index (χ1) is 17.8. The minimum absolute atomic E-state index is 0.374. The van der Waals surface area contributed by atoms with Gasteiger partial charge in [0.15, 0.2) is 5.75 Å². The summed E-state index contributed by atoms with van der Waals surface area (Å²) in [5.74, 6) is 0.933. The number of rotatable bonds is 9. The van der Waals surface area contributed by atoms with Crippen molar-refractivity contribution >= 4 is 12.2 Å². The van der Waals surface area contributed by atoms with Crippen LogP contribution in [0.5, 0.6) is 11.6 Å². The minimum Gasteiger partial charge on any atom is -0.483 e. The predicted octanol–water partition coefficient (Wildman–Crippen LogP) is 7.47. The summed E-state index contributed by atoms with van der Waals surface area (Å²) >= 11 is 0. The Kier molecular flexibility index (Phi) is 7.45. The van der Waals surface area contributed by atoms with Gasteiger partial charge in [-0.1, -0.05) is 121 Å². The van der Waals surface area contributed by atoms with E-state index in [1.165, 1.54) is 11.1 Å². The standard InChI is InChI=1S/C32H26N2O2/c1-4-10-26(11-5-1)23-35-31-22-30(33-34-32(31)36-24-27-12-6-2-7-13-27)21-18-25-16-19-29(20-17-25)28-14-8-3-9-15-28/h1-22H,23-24H2. The second-order valence-electron chi connectivity index (χ2n) is 8.31. The van der Waals surface area contributed by atoms with Gasteiger partial charge < -0.3 is 9.47 Å². The van der Waals surface area contributed by atoms with E-state index in [0.717, 1.165) is 16.7 Å². The third-order valence-corrected chi connectivity index (χ3v) is 5.67. The maximum Gasteiger partial charge on any atom is 0.276 e. The highest BCUT2D eigenvalue weighted by Crippen LogP contribution is 2.27. The molecule has 0 radical (unpaired) electrons. The van der Waals surface area contributed by atoms with Gasteiger partial charge in [-0.05, 0) is 33.9 Å². The van der Waals surface area contributed by atoms with Gasteiger partial charge in [0.1, 0.15) is 13.2 Å². The molecule has 176 valence electrons. The Hall–Kier alpha value is -4.70. The Morgan fingerprint density at radius 1 is 0.528 bits per heavy atom. The molecular formula is C32H26N2O2. The lowest BCUT2D eigenvalue weighted by Gasteiger charge is -2.12. The smallest absolute Gasteiger partial charge is 0.276 e. The van der Waals surface area contributed by atoms with E-state index in [2.05, 4.69) is 46.6 Å². The Morgan fingerprint density at radius 2 is 1.08 bits per heavy atom. The summed E-state index contributed by atoms with van der Waals surface area (Å²) in [6.07, 6.45) is 3.95. The first kappa shape index (κ1) is 23.1. The van der Waals surface area contributed by atoms with E-state index in [1.54, 1.807) is 0 Å². The number of ether oxygens (including phenoxy) is 2. The van der Waals surface area contributed by atoms with Crippen molar-refractivity contribution in [2.75, 3.05) is 0 Å². The van der Waals surface area contributed by atoms with Crippen molar-refractivity contribution in [1.29, 1.82) is 0 Å². The van der Waals surface area contributed by atoms with Crippen LogP contribution in [0.4, 0.5) is 0 Å². The summed E-state index contributed by atoms with van der Waals surface area (Å²) in [6.45, 7) is 0.804. The van der Waals surface area contributed by atoms with Crippen molar-refractivity contribution in [1.82, 2.24) is 10.2 Å². The van der Waals surface area contributed by atoms with Gasteiger partial charge in [0.25, 0.3) is 5.88 Å². The van der Waals surface area contributed by atoms with Gasteiger partial charge >= 0.3 is 0 Å². The molecule has 0 spiro atoms. The topological polar surface area (TPSA) is 44.2 Å². The summed E-state index contributed by atoms with van der Waals surface area (Å²) in [4.78, 5) is 0. The van der Waals surface area contributed by atoms with Crippen LogP contribution in [0.2, 0.25) is 0 Å². The zero-order valence-corrected chi connectivity index (χ0v) is 19.8. The molecule has 0 N–H and O–H groups in total. The summed E-state index contributed by atoms with van der Waals surface area (Å²) in [7, 11) is 0. The van der Waals surface area contributed by atoms with Gasteiger partial charge in [0.2, 0.25) is 0 Å². The summed E-state index contributed by atoms with van der Waals surface area (Å²) in [6, 6.07) is 40.6. The first-order valence-electron chi connectivity index (χ1n) is 11.9. The third-order valence-electron chi connectivity index (χ3n) is 5.67. The molecule has 0 aliphatic carbocycles. The summed E-state index contributed by atoms with van der Waals surface area (Å²) in [5, 5.41) is 8.67. The van der Waals surface area contributed by atoms with Crippen LogP contribution in [0, 0.1) is 0 Å². The van der Waals surface area contributed by atoms with Crippen LogP contribution in [0.3, 0.4) is 0 Å². The van der Waals surface area contributed by atoms with Crippen LogP contribution in [0.15, 0.2) is 121 Å². The number of hydrogen-bond donors (Lipinski definition) is 0. The summed E-state index contributed by atoms with van der Waals surface area (Å²) in [5.41, 5.74) is 6.27. The number of nitrogens with zero attached hydrogens (tertiary/aromatic N) is 2. The zero-order valence-electron chi connectivity index (χ0n) is 19.8. The highest BCUT2D eigenvalue weighted by Gasteiger charge is 2.10. The molecule has 4 aromatic carbocycles. The molecule has 1 aromatic heterocycles. The molecule has 5 rings (SSSR count). The maximum atomic E-state index is 6.11. The summed E-state index contributed by atoms with van der Waals surface area (Å²) < 4.78 is 12.1. The van der Waals surface area contributed by atoms with Gasteiger partial charge in [-0.2, -0.15) is 0 Å². The molecule has 0 amide bonds. The lowest BCUT2D eigenvalue weighted by Crippen LogP contribution is -2.04. The Balaban J connectivity index is 1.33. The fourth-order valence-electron chi connectivity index (χ4n) is 3.72. The molecule has 0 saturated heterocycles. The molecule has 1 heterocycles. The number of benzene rings is 4. The van der Waals surface area contributed by atoms with E-state index in [-0.39, 0.29) is 0 Å². The van der Waals surface area contributed by atoms with Crippen LogP contribution in [0.25, 0.3) is 23.3 Å². The molecule has 0 aliphatic rings. The van der Waals surface area contributed by atoms with Crippen molar-refractivity contribution in [3.05, 3.63) is 144 Å². The molecule has 0 aliphatic heterocycles. The Morgan fingerprint density at radius 3 is 1.72 bits per heavy atom. The van der Waals surface area contributed by atoms with Gasteiger partial charge in [0, 0.05) is 6.07 Å². The lowest BCUT2D eigenvalue weighted by atomic mass is 10.0. The van der Waals surface area contributed by atoms with Crippen LogP contribution < -0.4 is 9.47 Å². The van der Waals surface area contributed by atoms with Crippen LogP contribution >= 0.6 is 0 Å². The molecule has 4 nitrogen and oxygen atoms in total. The largest absolute Gasteiger partial charge is 0.483 e. The first-order valence-corrected chi connectivity index (χ1v) is 11.9. The van der Waals surface area contributed by atoms with Gasteiger partial charge in [0.05, 0.1) is 5.69 Å². The van der Waals surface area contributed by atoms with E-state index in [1.807, 2.05) is 97.1 Å². The molecule has 0 atom stereocenters. The van der Waals surface area contributed by atoms with Crippen LogP contribution in [-0.4, -0.2) is 10.2 Å². The molecule has 0 fully saturated rings. The van der Waals surface area contributed by atoms with E-state index in [0.29, 0.717) is 30.5 Å². The van der Waals surface area contributed by atoms with Gasteiger partial charge in [-0.15, -0.1) is 10.2 Å². The Bertz CT molecular complexity index is 1400. The molecule has 0 saturated carbocycles. The third kappa shape index (κ3) is 6.24. The minimum atomic E-state index is 0.374. The average Bonchev–Trinajstić information content (AvgIpc) is 2.96. The molecule has 4 heteroatoms. The fraction of sp³-hybridized carbons (Fsp3) is 0.0625. The Labute approximate surface area is 211 Å². The van der Waals surface area contributed by atoms with Gasteiger partial charge in [-0.3, -0.25) is 0 Å². The van der Waals surface area contributed by atoms with Crippen molar-refractivity contribution in [3.63, 3.8) is 0 Å². The van der Waals surface area contributed by atoms with Crippen molar-refractivity contribution in [2.45, 2.75) is 13.2 Å². The highest BCUT2D eigenvalue weighted by molar-refractivity contribution is 5.71.